The number of fused-ring (bicyclic) bond motifs is 1. The number of para-hydroxylation sites is 2. The summed E-state index contributed by atoms with van der Waals surface area (Å²) in [5.74, 6) is 1.83. The number of hydrogen-bond acceptors (Lipinski definition) is 7. The number of carbonyl (C=O) groups is 1. The Morgan fingerprint density at radius 2 is 1.72 bits per heavy atom. The molecule has 202 valence electrons. The summed E-state index contributed by atoms with van der Waals surface area (Å²) in [7, 11) is 3.32. The van der Waals surface area contributed by atoms with E-state index in [2.05, 4.69) is 32.7 Å². The van der Waals surface area contributed by atoms with Gasteiger partial charge in [0, 0.05) is 30.2 Å². The molecule has 2 heterocycles. The molecule has 4 aromatic rings. The Labute approximate surface area is 232 Å². The minimum Gasteiger partial charge on any atom is -0.493 e. The van der Waals surface area contributed by atoms with Gasteiger partial charge in [-0.25, -0.2) is 0 Å². The molecule has 0 atom stereocenters. The molecule has 1 aliphatic rings. The number of ether oxygens (including phenoxy) is 3. The second-order valence-electron chi connectivity index (χ2n) is 9.22. The van der Waals surface area contributed by atoms with E-state index in [4.69, 9.17) is 25.8 Å². The first kappa shape index (κ1) is 26.5. The lowest BCUT2D eigenvalue weighted by Gasteiger charge is -2.29. The third kappa shape index (κ3) is 6.50. The minimum absolute atomic E-state index is 0.229. The number of anilines is 1. The fourth-order valence-corrected chi connectivity index (χ4v) is 4.66. The van der Waals surface area contributed by atoms with Crippen molar-refractivity contribution in [2.24, 2.45) is 0 Å². The summed E-state index contributed by atoms with van der Waals surface area (Å²) in [6.07, 6.45) is 2.85. The zero-order chi connectivity index (χ0) is 27.2. The van der Waals surface area contributed by atoms with Gasteiger partial charge in [0.15, 0.2) is 11.5 Å². The van der Waals surface area contributed by atoms with Gasteiger partial charge in [0.1, 0.15) is 18.1 Å². The number of nitrogens with zero attached hydrogens (tertiary/aromatic N) is 4. The highest BCUT2D eigenvalue weighted by Crippen LogP contribution is 2.33. The molecule has 0 spiro atoms. The second kappa shape index (κ2) is 12.2. The van der Waals surface area contributed by atoms with Crippen molar-refractivity contribution >= 4 is 23.2 Å². The highest BCUT2D eigenvalue weighted by Gasteiger charge is 2.19. The van der Waals surface area contributed by atoms with Crippen molar-refractivity contribution < 1.29 is 19.0 Å². The number of benzene rings is 3. The lowest BCUT2D eigenvalue weighted by Crippen LogP contribution is -2.33. The molecule has 0 bridgehead atoms. The number of methoxy groups -OCH3 is 2. The molecule has 10 heteroatoms. The third-order valence-electron chi connectivity index (χ3n) is 6.65. The van der Waals surface area contributed by atoms with Gasteiger partial charge in [0.05, 0.1) is 32.6 Å². The van der Waals surface area contributed by atoms with Gasteiger partial charge < -0.3 is 19.5 Å². The molecule has 1 N–H and O–H groups in total. The fraction of sp³-hybridized carbons (Fsp3) is 0.276. The van der Waals surface area contributed by atoms with Gasteiger partial charge in [-0.2, -0.15) is 0 Å². The van der Waals surface area contributed by atoms with E-state index in [0.29, 0.717) is 34.3 Å². The Kier molecular flexibility index (Phi) is 8.29. The minimum atomic E-state index is -0.244. The molecular weight excluding hydrogens is 518 g/mol. The van der Waals surface area contributed by atoms with Crippen LogP contribution in [0.25, 0.3) is 0 Å². The van der Waals surface area contributed by atoms with Crippen LogP contribution in [-0.2, 0) is 26.1 Å². The summed E-state index contributed by atoms with van der Waals surface area (Å²) in [6.45, 7) is 3.59. The average Bonchev–Trinajstić information content (AvgIpc) is 3.42. The van der Waals surface area contributed by atoms with Crippen LogP contribution in [0.4, 0.5) is 5.69 Å². The van der Waals surface area contributed by atoms with Crippen LogP contribution in [0.1, 0.15) is 27.2 Å². The molecule has 0 aliphatic carbocycles. The number of nitrogens with one attached hydrogen (secondary N) is 1. The molecule has 0 radical (unpaired) electrons. The maximum absolute atomic E-state index is 12.6. The van der Waals surface area contributed by atoms with E-state index in [1.54, 1.807) is 50.6 Å². The van der Waals surface area contributed by atoms with Gasteiger partial charge in [-0.3, -0.25) is 14.4 Å². The maximum Gasteiger partial charge on any atom is 0.255 e. The SMILES string of the molecule is COc1cc2c(cc1OC)CN(CCn1cc(COc3ccccc3NC(=O)c3ccc(Cl)cc3)nn1)CC2. The van der Waals surface area contributed by atoms with Gasteiger partial charge in [-0.05, 0) is 66.1 Å². The number of rotatable bonds is 10. The van der Waals surface area contributed by atoms with Gasteiger partial charge in [-0.1, -0.05) is 28.9 Å². The summed E-state index contributed by atoms with van der Waals surface area (Å²) >= 11 is 5.93. The summed E-state index contributed by atoms with van der Waals surface area (Å²) in [5, 5.41) is 12.0. The van der Waals surface area contributed by atoms with E-state index < -0.39 is 0 Å². The Bertz CT molecular complexity index is 1440. The standard InChI is InChI=1S/C29H30ClN5O4/c1-37-27-15-21-11-12-34(17-22(21)16-28(27)38-2)13-14-35-18-24(32-33-35)19-39-26-6-4-3-5-25(26)31-29(36)20-7-9-23(30)10-8-20/h3-10,15-16,18H,11-14,17,19H2,1-2H3,(H,31,36). The normalized spacial score (nSPS) is 13.0. The van der Waals surface area contributed by atoms with Crippen molar-refractivity contribution in [3.05, 3.63) is 94.3 Å². The summed E-state index contributed by atoms with van der Waals surface area (Å²) < 4.78 is 18.7. The van der Waals surface area contributed by atoms with Crippen molar-refractivity contribution in [2.45, 2.75) is 26.1 Å². The van der Waals surface area contributed by atoms with Crippen LogP contribution in [0.3, 0.4) is 0 Å². The van der Waals surface area contributed by atoms with E-state index in [1.807, 2.05) is 23.0 Å². The molecule has 0 fully saturated rings. The molecule has 1 aromatic heterocycles. The first-order valence-electron chi connectivity index (χ1n) is 12.7. The van der Waals surface area contributed by atoms with Gasteiger partial charge >= 0.3 is 0 Å². The molecule has 0 saturated heterocycles. The first-order chi connectivity index (χ1) is 19.0. The predicted molar refractivity (Wildman–Crippen MR) is 149 cm³/mol. The number of amides is 1. The van der Waals surface area contributed by atoms with E-state index in [1.165, 1.54) is 11.1 Å². The Morgan fingerprint density at radius 3 is 2.49 bits per heavy atom. The fourth-order valence-electron chi connectivity index (χ4n) is 4.53. The van der Waals surface area contributed by atoms with Crippen LogP contribution in [0.5, 0.6) is 17.2 Å². The summed E-state index contributed by atoms with van der Waals surface area (Å²) in [6, 6.07) is 18.2. The molecule has 1 amide bonds. The zero-order valence-electron chi connectivity index (χ0n) is 21.9. The highest BCUT2D eigenvalue weighted by atomic mass is 35.5. The van der Waals surface area contributed by atoms with Crippen LogP contribution in [0, 0.1) is 0 Å². The van der Waals surface area contributed by atoms with E-state index in [9.17, 15) is 4.79 Å². The molecule has 5 rings (SSSR count). The number of hydrogen-bond donors (Lipinski definition) is 1. The second-order valence-corrected chi connectivity index (χ2v) is 9.66. The molecular formula is C29H30ClN5O4. The number of halogens is 1. The Morgan fingerprint density at radius 1 is 0.974 bits per heavy atom. The molecule has 0 unspecified atom stereocenters. The quantitative estimate of drug-likeness (QED) is 0.304. The predicted octanol–water partition coefficient (Wildman–Crippen LogP) is 4.84. The summed E-state index contributed by atoms with van der Waals surface area (Å²) in [4.78, 5) is 15.0. The van der Waals surface area contributed by atoms with Crippen molar-refractivity contribution in [1.29, 1.82) is 0 Å². The van der Waals surface area contributed by atoms with Gasteiger partial charge in [0.2, 0.25) is 0 Å². The third-order valence-corrected chi connectivity index (χ3v) is 6.90. The van der Waals surface area contributed by atoms with E-state index >= 15 is 0 Å². The molecule has 3 aromatic carbocycles. The number of aromatic nitrogens is 3. The van der Waals surface area contributed by atoms with E-state index in [-0.39, 0.29) is 12.5 Å². The van der Waals surface area contributed by atoms with Crippen LogP contribution in [-0.4, -0.2) is 53.1 Å². The van der Waals surface area contributed by atoms with Crippen molar-refractivity contribution in [1.82, 2.24) is 19.9 Å². The van der Waals surface area contributed by atoms with E-state index in [0.717, 1.165) is 37.6 Å². The summed E-state index contributed by atoms with van der Waals surface area (Å²) in [5.41, 5.74) is 4.34. The highest BCUT2D eigenvalue weighted by molar-refractivity contribution is 6.30. The van der Waals surface area contributed by atoms with Crippen molar-refractivity contribution in [3.63, 3.8) is 0 Å². The lowest BCUT2D eigenvalue weighted by atomic mass is 9.99. The first-order valence-corrected chi connectivity index (χ1v) is 13.0. The van der Waals surface area contributed by atoms with Crippen molar-refractivity contribution in [2.75, 3.05) is 32.6 Å². The monoisotopic (exact) mass is 547 g/mol. The zero-order valence-corrected chi connectivity index (χ0v) is 22.6. The van der Waals surface area contributed by atoms with Crippen LogP contribution in [0.2, 0.25) is 5.02 Å². The molecule has 0 saturated carbocycles. The largest absolute Gasteiger partial charge is 0.493 e. The maximum atomic E-state index is 12.6. The smallest absolute Gasteiger partial charge is 0.255 e. The van der Waals surface area contributed by atoms with Crippen LogP contribution in [0.15, 0.2) is 66.9 Å². The van der Waals surface area contributed by atoms with Crippen molar-refractivity contribution in [3.8, 4) is 17.2 Å². The topological polar surface area (TPSA) is 90.7 Å². The number of carbonyl (C=O) groups excluding carboxylic acids is 1. The van der Waals surface area contributed by atoms with Crippen LogP contribution >= 0.6 is 11.6 Å². The molecule has 9 nitrogen and oxygen atoms in total. The molecule has 39 heavy (non-hydrogen) atoms. The average molecular weight is 548 g/mol. The van der Waals surface area contributed by atoms with Gasteiger partial charge in [-0.15, -0.1) is 5.10 Å². The Hall–Kier alpha value is -4.08. The Balaban J connectivity index is 1.14. The van der Waals surface area contributed by atoms with Crippen LogP contribution < -0.4 is 19.5 Å². The molecule has 1 aliphatic heterocycles. The van der Waals surface area contributed by atoms with Gasteiger partial charge in [0.25, 0.3) is 5.91 Å². The lowest BCUT2D eigenvalue weighted by molar-refractivity contribution is 0.102.